The Morgan fingerprint density at radius 1 is 1.11 bits per heavy atom. The molecule has 1 aliphatic heterocycles. The van der Waals surface area contributed by atoms with Crippen molar-refractivity contribution in [1.82, 2.24) is 4.90 Å². The maximum absolute atomic E-state index is 13.1. The fraction of sp³-hybridized carbons (Fsp3) is 0.286. The molecule has 1 N–H and O–H groups in total. The summed E-state index contributed by atoms with van der Waals surface area (Å²) in [4.78, 5) is 40.0. The third-order valence-electron chi connectivity index (χ3n) is 5.00. The van der Waals surface area contributed by atoms with E-state index in [-0.39, 0.29) is 11.8 Å². The Bertz CT molecular complexity index is 890. The highest BCUT2D eigenvalue weighted by atomic mass is 127. The van der Waals surface area contributed by atoms with Crippen molar-refractivity contribution >= 4 is 46.0 Å². The minimum absolute atomic E-state index is 0.170. The topological polar surface area (TPSA) is 66.5 Å². The van der Waals surface area contributed by atoms with Gasteiger partial charge in [0.15, 0.2) is 0 Å². The van der Waals surface area contributed by atoms with Crippen molar-refractivity contribution in [1.29, 1.82) is 0 Å². The first-order valence-corrected chi connectivity index (χ1v) is 9.97. The molecule has 27 heavy (non-hydrogen) atoms. The number of halogens is 1. The SMILES string of the molecule is CCC(C)C(C(=O)Nc1ccc(I)cc1C)N1C(=O)c2ccccc2C1=O. The number of rotatable bonds is 5. The number of carbonyl (C=O) groups is 3. The number of benzene rings is 2. The molecule has 0 spiro atoms. The van der Waals surface area contributed by atoms with Gasteiger partial charge in [0.2, 0.25) is 5.91 Å². The average Bonchev–Trinajstić information content (AvgIpc) is 2.89. The molecule has 1 aliphatic rings. The smallest absolute Gasteiger partial charge is 0.262 e. The summed E-state index contributed by atoms with van der Waals surface area (Å²) in [5.41, 5.74) is 2.33. The van der Waals surface area contributed by atoms with Crippen LogP contribution in [-0.4, -0.2) is 28.7 Å². The van der Waals surface area contributed by atoms with Crippen LogP contribution < -0.4 is 5.32 Å². The van der Waals surface area contributed by atoms with Crippen LogP contribution in [0.25, 0.3) is 0 Å². The van der Waals surface area contributed by atoms with Gasteiger partial charge >= 0.3 is 0 Å². The van der Waals surface area contributed by atoms with Gasteiger partial charge in [0.05, 0.1) is 11.1 Å². The van der Waals surface area contributed by atoms with Crippen molar-refractivity contribution in [3.05, 3.63) is 62.7 Å². The molecular weight excluding hydrogens is 455 g/mol. The zero-order valence-corrected chi connectivity index (χ0v) is 17.6. The van der Waals surface area contributed by atoms with E-state index in [4.69, 9.17) is 0 Å². The van der Waals surface area contributed by atoms with Gasteiger partial charge in [-0.25, -0.2) is 0 Å². The predicted octanol–water partition coefficient (Wildman–Crippen LogP) is 4.25. The van der Waals surface area contributed by atoms with Crippen molar-refractivity contribution in [2.45, 2.75) is 33.2 Å². The zero-order valence-electron chi connectivity index (χ0n) is 15.5. The lowest BCUT2D eigenvalue weighted by molar-refractivity contribution is -0.121. The zero-order chi connectivity index (χ0) is 19.7. The second kappa shape index (κ2) is 7.80. The van der Waals surface area contributed by atoms with E-state index >= 15 is 0 Å². The van der Waals surface area contributed by atoms with Crippen LogP contribution in [0.5, 0.6) is 0 Å². The molecular formula is C21H21IN2O3. The lowest BCUT2D eigenvalue weighted by Crippen LogP contribution is -2.50. The third kappa shape index (κ3) is 3.63. The molecule has 0 saturated heterocycles. The van der Waals surface area contributed by atoms with E-state index in [0.717, 1.165) is 14.0 Å². The van der Waals surface area contributed by atoms with Crippen molar-refractivity contribution in [3.8, 4) is 0 Å². The van der Waals surface area contributed by atoms with Crippen molar-refractivity contribution in [3.63, 3.8) is 0 Å². The first-order valence-electron chi connectivity index (χ1n) is 8.89. The number of amides is 3. The van der Waals surface area contributed by atoms with Crippen LogP contribution in [0, 0.1) is 16.4 Å². The number of nitrogens with one attached hydrogen (secondary N) is 1. The van der Waals surface area contributed by atoms with Gasteiger partial charge in [0.25, 0.3) is 11.8 Å². The number of aryl methyl sites for hydroxylation is 1. The third-order valence-corrected chi connectivity index (χ3v) is 5.67. The first-order chi connectivity index (χ1) is 12.8. The molecule has 5 nitrogen and oxygen atoms in total. The molecule has 0 bridgehead atoms. The predicted molar refractivity (Wildman–Crippen MR) is 113 cm³/mol. The Hall–Kier alpha value is -2.22. The number of anilines is 1. The Labute approximate surface area is 172 Å². The molecule has 0 saturated carbocycles. The number of carbonyl (C=O) groups excluding carboxylic acids is 3. The summed E-state index contributed by atoms with van der Waals surface area (Å²) >= 11 is 2.21. The van der Waals surface area contributed by atoms with Gasteiger partial charge in [0.1, 0.15) is 6.04 Å². The second-order valence-corrected chi connectivity index (χ2v) is 8.05. The number of hydrogen-bond acceptors (Lipinski definition) is 3. The standard InChI is InChI=1S/C21H21IN2O3/c1-4-12(2)18(19(25)23-17-10-9-14(22)11-13(17)3)24-20(26)15-7-5-6-8-16(15)21(24)27/h5-12,18H,4H2,1-3H3,(H,23,25). The van der Waals surface area contributed by atoms with E-state index < -0.39 is 17.9 Å². The second-order valence-electron chi connectivity index (χ2n) is 6.80. The van der Waals surface area contributed by atoms with Gasteiger partial charge < -0.3 is 5.32 Å². The molecule has 0 aromatic heterocycles. The maximum Gasteiger partial charge on any atom is 0.262 e. The molecule has 2 aromatic carbocycles. The largest absolute Gasteiger partial charge is 0.324 e. The summed E-state index contributed by atoms with van der Waals surface area (Å²) in [5.74, 6) is -1.33. The minimum Gasteiger partial charge on any atom is -0.324 e. The van der Waals surface area contributed by atoms with Crippen molar-refractivity contribution in [2.75, 3.05) is 5.32 Å². The summed E-state index contributed by atoms with van der Waals surface area (Å²) in [7, 11) is 0. The molecule has 0 aliphatic carbocycles. The summed E-state index contributed by atoms with van der Waals surface area (Å²) in [6.45, 7) is 5.74. The summed E-state index contributed by atoms with van der Waals surface area (Å²) in [6, 6.07) is 11.6. The Kier molecular flexibility index (Phi) is 5.64. The highest BCUT2D eigenvalue weighted by Crippen LogP contribution is 2.29. The van der Waals surface area contributed by atoms with E-state index in [1.165, 1.54) is 0 Å². The van der Waals surface area contributed by atoms with Gasteiger partial charge in [-0.15, -0.1) is 0 Å². The molecule has 3 rings (SSSR count). The number of nitrogens with zero attached hydrogens (tertiary/aromatic N) is 1. The molecule has 2 aromatic rings. The van der Waals surface area contributed by atoms with E-state index in [9.17, 15) is 14.4 Å². The molecule has 2 atom stereocenters. The molecule has 2 unspecified atom stereocenters. The fourth-order valence-electron chi connectivity index (χ4n) is 3.29. The molecule has 0 radical (unpaired) electrons. The quantitative estimate of drug-likeness (QED) is 0.519. The van der Waals surface area contributed by atoms with Gasteiger partial charge in [-0.1, -0.05) is 32.4 Å². The summed E-state index contributed by atoms with van der Waals surface area (Å²) < 4.78 is 1.07. The highest BCUT2D eigenvalue weighted by molar-refractivity contribution is 14.1. The molecule has 3 amide bonds. The van der Waals surface area contributed by atoms with Crippen LogP contribution in [-0.2, 0) is 4.79 Å². The molecule has 6 heteroatoms. The minimum atomic E-state index is -0.860. The summed E-state index contributed by atoms with van der Waals surface area (Å²) in [6.07, 6.45) is 0.664. The first kappa shape index (κ1) is 19.5. The van der Waals surface area contributed by atoms with E-state index in [1.54, 1.807) is 24.3 Å². The van der Waals surface area contributed by atoms with Crippen molar-refractivity contribution < 1.29 is 14.4 Å². The van der Waals surface area contributed by atoms with Gasteiger partial charge in [-0.2, -0.15) is 0 Å². The average molecular weight is 476 g/mol. The molecule has 1 heterocycles. The lowest BCUT2D eigenvalue weighted by atomic mass is 9.96. The van der Waals surface area contributed by atoms with E-state index in [1.807, 2.05) is 39.0 Å². The van der Waals surface area contributed by atoms with Crippen LogP contribution in [0.4, 0.5) is 5.69 Å². The molecule has 0 fully saturated rings. The van der Waals surface area contributed by atoms with Crippen LogP contribution in [0.1, 0.15) is 46.5 Å². The van der Waals surface area contributed by atoms with E-state index in [2.05, 4.69) is 27.9 Å². The van der Waals surface area contributed by atoms with Gasteiger partial charge in [-0.05, 0) is 71.3 Å². The normalized spacial score (nSPS) is 15.5. The number of fused-ring (bicyclic) bond motifs is 1. The Morgan fingerprint density at radius 2 is 1.70 bits per heavy atom. The lowest BCUT2D eigenvalue weighted by Gasteiger charge is -2.30. The summed E-state index contributed by atoms with van der Waals surface area (Å²) in [5, 5.41) is 2.91. The van der Waals surface area contributed by atoms with Crippen LogP contribution in [0.15, 0.2) is 42.5 Å². The molecule has 140 valence electrons. The van der Waals surface area contributed by atoms with Gasteiger partial charge in [-0.3, -0.25) is 19.3 Å². The monoisotopic (exact) mass is 476 g/mol. The maximum atomic E-state index is 13.1. The number of hydrogen-bond donors (Lipinski definition) is 1. The van der Waals surface area contributed by atoms with E-state index in [0.29, 0.717) is 23.2 Å². The fourth-order valence-corrected chi connectivity index (χ4v) is 3.93. The number of imide groups is 1. The van der Waals surface area contributed by atoms with Crippen molar-refractivity contribution in [2.24, 2.45) is 5.92 Å². The highest BCUT2D eigenvalue weighted by Gasteiger charge is 2.44. The van der Waals surface area contributed by atoms with Gasteiger partial charge in [0, 0.05) is 9.26 Å². The Morgan fingerprint density at radius 3 is 2.22 bits per heavy atom. The van der Waals surface area contributed by atoms with Crippen LogP contribution in [0.2, 0.25) is 0 Å². The van der Waals surface area contributed by atoms with Crippen LogP contribution in [0.3, 0.4) is 0 Å². The van der Waals surface area contributed by atoms with Crippen LogP contribution >= 0.6 is 22.6 Å². The Balaban J connectivity index is 1.94.